The highest BCUT2D eigenvalue weighted by atomic mass is 35.5. The minimum atomic E-state index is -4.91. The number of hydrogen-bond donors (Lipinski definition) is 1. The van der Waals surface area contributed by atoms with Gasteiger partial charge in [-0.15, -0.1) is 0 Å². The van der Waals surface area contributed by atoms with Gasteiger partial charge in [0.1, 0.15) is 12.6 Å². The van der Waals surface area contributed by atoms with Crippen LogP contribution >= 0.6 is 34.8 Å². The van der Waals surface area contributed by atoms with Crippen molar-refractivity contribution in [3.63, 3.8) is 0 Å². The summed E-state index contributed by atoms with van der Waals surface area (Å²) in [4.78, 5) is 28.0. The van der Waals surface area contributed by atoms with Gasteiger partial charge in [-0.1, -0.05) is 59.1 Å². The Hall–Kier alpha value is -2.99. The molecule has 1 unspecified atom stereocenters. The molecule has 0 fully saturated rings. The van der Waals surface area contributed by atoms with E-state index in [1.54, 1.807) is 32.9 Å². The van der Waals surface area contributed by atoms with Crippen LogP contribution in [0.1, 0.15) is 38.8 Å². The molecule has 232 valence electrons. The molecule has 0 aliphatic heterocycles. The van der Waals surface area contributed by atoms with Crippen molar-refractivity contribution in [3.8, 4) is 0 Å². The third kappa shape index (κ3) is 8.78. The topological polar surface area (TPSA) is 86.8 Å². The number of carbonyl (C=O) groups excluding carboxylic acids is 2. The molecule has 43 heavy (non-hydrogen) atoms. The maximum atomic E-state index is 14.0. The maximum absolute atomic E-state index is 14.0. The number of rotatable bonds is 9. The summed E-state index contributed by atoms with van der Waals surface area (Å²) < 4.78 is 69.4. The van der Waals surface area contributed by atoms with Crippen molar-refractivity contribution in [2.45, 2.75) is 56.9 Å². The maximum Gasteiger partial charge on any atom is 0.417 e. The first kappa shape index (κ1) is 34.5. The molecule has 14 heteroatoms. The molecule has 0 radical (unpaired) electrons. The highest BCUT2D eigenvalue weighted by Crippen LogP contribution is 2.38. The van der Waals surface area contributed by atoms with Crippen molar-refractivity contribution in [2.75, 3.05) is 10.8 Å². The summed E-state index contributed by atoms with van der Waals surface area (Å²) in [6.45, 7) is 5.49. The minimum Gasteiger partial charge on any atom is -0.350 e. The number of nitrogens with one attached hydrogen (secondary N) is 1. The Morgan fingerprint density at radius 3 is 2.09 bits per heavy atom. The quantitative estimate of drug-likeness (QED) is 0.260. The van der Waals surface area contributed by atoms with Gasteiger partial charge in [-0.3, -0.25) is 13.9 Å². The Labute approximate surface area is 263 Å². The first-order valence-electron chi connectivity index (χ1n) is 12.8. The summed E-state index contributed by atoms with van der Waals surface area (Å²) in [7, 11) is -4.59. The van der Waals surface area contributed by atoms with Crippen molar-refractivity contribution in [3.05, 3.63) is 92.9 Å². The van der Waals surface area contributed by atoms with Gasteiger partial charge < -0.3 is 10.2 Å². The molecular weight excluding hydrogens is 650 g/mol. The lowest BCUT2D eigenvalue weighted by Crippen LogP contribution is -2.54. The van der Waals surface area contributed by atoms with E-state index in [0.717, 1.165) is 17.0 Å². The van der Waals surface area contributed by atoms with E-state index in [1.807, 2.05) is 0 Å². The zero-order chi connectivity index (χ0) is 32.3. The van der Waals surface area contributed by atoms with Crippen molar-refractivity contribution < 1.29 is 31.2 Å². The van der Waals surface area contributed by atoms with E-state index in [2.05, 4.69) is 5.32 Å². The fourth-order valence-corrected chi connectivity index (χ4v) is 6.14. The second-order valence-corrected chi connectivity index (χ2v) is 13.8. The molecule has 0 saturated heterocycles. The second-order valence-electron chi connectivity index (χ2n) is 10.7. The number of hydrogen-bond acceptors (Lipinski definition) is 4. The Morgan fingerprint density at radius 2 is 1.53 bits per heavy atom. The monoisotopic (exact) mass is 677 g/mol. The van der Waals surface area contributed by atoms with Gasteiger partial charge >= 0.3 is 6.18 Å². The van der Waals surface area contributed by atoms with Gasteiger partial charge in [0, 0.05) is 22.1 Å². The predicted molar refractivity (Wildman–Crippen MR) is 162 cm³/mol. The molecule has 0 saturated carbocycles. The Kier molecular flexibility index (Phi) is 10.7. The van der Waals surface area contributed by atoms with Crippen LogP contribution in [0.3, 0.4) is 0 Å². The highest BCUT2D eigenvalue weighted by molar-refractivity contribution is 7.92. The molecular formula is C29H29Cl3F3N3O4S. The van der Waals surface area contributed by atoms with Gasteiger partial charge in [0.25, 0.3) is 10.0 Å². The first-order chi connectivity index (χ1) is 19.8. The van der Waals surface area contributed by atoms with Crippen LogP contribution in [0.15, 0.2) is 71.6 Å². The lowest BCUT2D eigenvalue weighted by Gasteiger charge is -2.33. The summed E-state index contributed by atoms with van der Waals surface area (Å²) in [6, 6.07) is 12.8. The van der Waals surface area contributed by atoms with Crippen LogP contribution in [0.25, 0.3) is 0 Å². The van der Waals surface area contributed by atoms with Crippen molar-refractivity contribution in [2.24, 2.45) is 0 Å². The molecule has 0 bridgehead atoms. The number of anilines is 1. The zero-order valence-electron chi connectivity index (χ0n) is 23.5. The van der Waals surface area contributed by atoms with E-state index < -0.39 is 62.4 Å². The fourth-order valence-electron chi connectivity index (χ4n) is 4.02. The van der Waals surface area contributed by atoms with E-state index in [9.17, 15) is 31.2 Å². The summed E-state index contributed by atoms with van der Waals surface area (Å²) in [6.07, 6.45) is -4.91. The predicted octanol–water partition coefficient (Wildman–Crippen LogP) is 7.19. The third-order valence-corrected chi connectivity index (χ3v) is 8.88. The van der Waals surface area contributed by atoms with Crippen molar-refractivity contribution in [1.82, 2.24) is 10.2 Å². The number of nitrogens with zero attached hydrogens (tertiary/aromatic N) is 2. The normalized spacial score (nSPS) is 12.9. The molecule has 3 rings (SSSR count). The van der Waals surface area contributed by atoms with Gasteiger partial charge in [-0.05, 0) is 75.7 Å². The van der Waals surface area contributed by atoms with E-state index >= 15 is 0 Å². The summed E-state index contributed by atoms with van der Waals surface area (Å²) in [5, 5.41) is 2.65. The summed E-state index contributed by atoms with van der Waals surface area (Å²) in [5.74, 6) is -1.43. The number of halogens is 6. The van der Waals surface area contributed by atoms with E-state index in [-0.39, 0.29) is 16.5 Å². The average Bonchev–Trinajstić information content (AvgIpc) is 2.90. The summed E-state index contributed by atoms with van der Waals surface area (Å²) in [5.41, 5.74) is -2.00. The molecule has 7 nitrogen and oxygen atoms in total. The van der Waals surface area contributed by atoms with Gasteiger partial charge in [0.2, 0.25) is 11.8 Å². The van der Waals surface area contributed by atoms with Gasteiger partial charge in [-0.2, -0.15) is 13.2 Å². The van der Waals surface area contributed by atoms with Crippen LogP contribution in [0.5, 0.6) is 0 Å². The number of amides is 2. The minimum absolute atomic E-state index is 0.190. The molecule has 0 aliphatic carbocycles. The van der Waals surface area contributed by atoms with Crippen LogP contribution in [-0.4, -0.2) is 43.3 Å². The van der Waals surface area contributed by atoms with E-state index in [1.165, 1.54) is 43.3 Å². The van der Waals surface area contributed by atoms with Crippen LogP contribution in [-0.2, 0) is 32.3 Å². The first-order valence-corrected chi connectivity index (χ1v) is 15.4. The SMILES string of the molecule is CC(C(=O)NC(C)(C)C)N(Cc1ccc(Cl)cc1Cl)C(=O)CN(c1ccc(Cl)c(C(F)(F)F)c1)S(=O)(=O)c1ccccc1. The van der Waals surface area contributed by atoms with Crippen LogP contribution in [0.2, 0.25) is 15.1 Å². The van der Waals surface area contributed by atoms with Gasteiger partial charge in [0.15, 0.2) is 0 Å². The standard InChI is InChI=1S/C29H29Cl3F3N3O4S/c1-18(27(40)36-28(2,3)4)37(16-19-10-11-20(30)14-25(19)32)26(39)17-38(43(41,42)22-8-6-5-7-9-22)21-12-13-24(31)23(15-21)29(33,34)35/h5-15,18H,16-17H2,1-4H3,(H,36,40). The molecule has 0 spiro atoms. The van der Waals surface area contributed by atoms with Crippen molar-refractivity contribution >= 4 is 62.3 Å². The Bertz CT molecular complexity index is 1600. The molecule has 0 heterocycles. The molecule has 3 aromatic carbocycles. The van der Waals surface area contributed by atoms with Crippen LogP contribution in [0.4, 0.5) is 18.9 Å². The molecule has 3 aromatic rings. The molecule has 0 aliphatic rings. The zero-order valence-corrected chi connectivity index (χ0v) is 26.6. The highest BCUT2D eigenvalue weighted by Gasteiger charge is 2.37. The molecule has 2 amide bonds. The van der Waals surface area contributed by atoms with E-state index in [4.69, 9.17) is 34.8 Å². The molecule has 1 N–H and O–H groups in total. The number of benzene rings is 3. The van der Waals surface area contributed by atoms with Gasteiger partial charge in [-0.25, -0.2) is 8.42 Å². The summed E-state index contributed by atoms with van der Waals surface area (Å²) >= 11 is 18.1. The Morgan fingerprint density at radius 1 is 0.907 bits per heavy atom. The largest absolute Gasteiger partial charge is 0.417 e. The van der Waals surface area contributed by atoms with Crippen LogP contribution in [0, 0.1) is 0 Å². The smallest absolute Gasteiger partial charge is 0.350 e. The Balaban J connectivity index is 2.14. The molecule has 0 aromatic heterocycles. The average molecular weight is 679 g/mol. The second kappa shape index (κ2) is 13.3. The van der Waals surface area contributed by atoms with Crippen molar-refractivity contribution in [1.29, 1.82) is 0 Å². The lowest BCUT2D eigenvalue weighted by molar-refractivity contribution is -0.140. The third-order valence-electron chi connectivity index (χ3n) is 6.17. The number of alkyl halides is 3. The number of sulfonamides is 1. The van der Waals surface area contributed by atoms with Crippen LogP contribution < -0.4 is 9.62 Å². The van der Waals surface area contributed by atoms with Gasteiger partial charge in [0.05, 0.1) is 21.2 Å². The van der Waals surface area contributed by atoms with E-state index in [0.29, 0.717) is 21.0 Å². The number of carbonyl (C=O) groups is 2. The lowest BCUT2D eigenvalue weighted by atomic mass is 10.1. The molecule has 1 atom stereocenters. The fraction of sp³-hybridized carbons (Fsp3) is 0.310.